The Kier molecular flexibility index (Phi) is 2.86. The summed E-state index contributed by atoms with van der Waals surface area (Å²) in [5.74, 6) is 0.566. The maximum atomic E-state index is 5.06. The second kappa shape index (κ2) is 4.14. The molecule has 0 amide bonds. The van der Waals surface area contributed by atoms with Crippen molar-refractivity contribution in [3.8, 4) is 6.01 Å². The molecular weight excluding hydrogens is 190 g/mol. The molecule has 82 valence electrons. The Bertz CT molecular complexity index is 336. The molecule has 4 heteroatoms. The second-order valence-corrected chi connectivity index (χ2v) is 3.98. The number of hydrogen-bond donors (Lipinski definition) is 1. The average Bonchev–Trinajstić information content (AvgIpc) is 2.69. The highest BCUT2D eigenvalue weighted by Gasteiger charge is 2.22. The van der Waals surface area contributed by atoms with Gasteiger partial charge in [-0.05, 0) is 32.4 Å². The number of hydrogen-bond acceptors (Lipinski definition) is 4. The molecule has 0 radical (unpaired) electrons. The minimum Gasteiger partial charge on any atom is -0.467 e. The Labute approximate surface area is 90.1 Å². The quantitative estimate of drug-likeness (QED) is 0.791. The molecule has 1 aromatic rings. The van der Waals surface area contributed by atoms with E-state index in [9.17, 15) is 0 Å². The zero-order chi connectivity index (χ0) is 10.8. The van der Waals surface area contributed by atoms with E-state index < -0.39 is 0 Å². The van der Waals surface area contributed by atoms with Crippen molar-refractivity contribution in [1.82, 2.24) is 15.3 Å². The first kappa shape index (κ1) is 10.4. The van der Waals surface area contributed by atoms with Crippen LogP contribution in [0.2, 0.25) is 0 Å². The summed E-state index contributed by atoms with van der Waals surface area (Å²) in [6, 6.07) is 0.472. The van der Waals surface area contributed by atoms with Crippen molar-refractivity contribution in [2.75, 3.05) is 20.2 Å². The molecule has 1 saturated heterocycles. The van der Waals surface area contributed by atoms with E-state index in [-0.39, 0.29) is 0 Å². The lowest BCUT2D eigenvalue weighted by molar-refractivity contribution is 0.376. The lowest BCUT2D eigenvalue weighted by Crippen LogP contribution is -2.12. The van der Waals surface area contributed by atoms with Gasteiger partial charge in [0.25, 0.3) is 0 Å². The summed E-state index contributed by atoms with van der Waals surface area (Å²) >= 11 is 0. The van der Waals surface area contributed by atoms with Gasteiger partial charge >= 0.3 is 6.01 Å². The largest absolute Gasteiger partial charge is 0.467 e. The van der Waals surface area contributed by atoms with Crippen molar-refractivity contribution < 1.29 is 4.74 Å². The van der Waals surface area contributed by atoms with Gasteiger partial charge in [-0.15, -0.1) is 0 Å². The normalized spacial score (nSPS) is 20.6. The van der Waals surface area contributed by atoms with E-state index in [1.807, 2.05) is 13.8 Å². The first-order chi connectivity index (χ1) is 7.22. The predicted molar refractivity (Wildman–Crippen MR) is 58.3 cm³/mol. The summed E-state index contributed by atoms with van der Waals surface area (Å²) in [4.78, 5) is 8.67. The smallest absolute Gasteiger partial charge is 0.316 e. The predicted octanol–water partition coefficient (Wildman–Crippen LogP) is 1.18. The van der Waals surface area contributed by atoms with Gasteiger partial charge in [-0.25, -0.2) is 9.97 Å². The molecule has 1 atom stereocenters. The number of aromatic nitrogens is 2. The third kappa shape index (κ3) is 1.95. The third-order valence-corrected chi connectivity index (χ3v) is 2.96. The number of methoxy groups -OCH3 is 1. The summed E-state index contributed by atoms with van der Waals surface area (Å²) in [5.41, 5.74) is 3.39. The second-order valence-electron chi connectivity index (χ2n) is 3.98. The van der Waals surface area contributed by atoms with Crippen LogP contribution in [0.3, 0.4) is 0 Å². The van der Waals surface area contributed by atoms with Crippen LogP contribution in [0.1, 0.15) is 29.3 Å². The van der Waals surface area contributed by atoms with Gasteiger partial charge in [-0.3, -0.25) is 0 Å². The number of nitrogens with one attached hydrogen (secondary N) is 1. The van der Waals surface area contributed by atoms with Crippen molar-refractivity contribution in [3.05, 3.63) is 17.0 Å². The fourth-order valence-electron chi connectivity index (χ4n) is 2.28. The zero-order valence-electron chi connectivity index (χ0n) is 9.50. The van der Waals surface area contributed by atoms with Crippen LogP contribution in [-0.2, 0) is 0 Å². The van der Waals surface area contributed by atoms with Crippen molar-refractivity contribution >= 4 is 0 Å². The number of rotatable bonds is 2. The molecule has 1 fully saturated rings. The number of aryl methyl sites for hydroxylation is 2. The molecule has 2 rings (SSSR count). The van der Waals surface area contributed by atoms with E-state index in [0.717, 1.165) is 24.5 Å². The van der Waals surface area contributed by atoms with Gasteiger partial charge in [0.05, 0.1) is 7.11 Å². The average molecular weight is 207 g/mol. The van der Waals surface area contributed by atoms with Crippen LogP contribution in [0, 0.1) is 13.8 Å². The summed E-state index contributed by atoms with van der Waals surface area (Å²) in [7, 11) is 1.60. The first-order valence-corrected chi connectivity index (χ1v) is 5.32. The highest BCUT2D eigenvalue weighted by atomic mass is 16.5. The Morgan fingerprint density at radius 2 is 1.93 bits per heavy atom. The van der Waals surface area contributed by atoms with Crippen LogP contribution < -0.4 is 10.1 Å². The lowest BCUT2D eigenvalue weighted by Gasteiger charge is -2.14. The molecule has 1 unspecified atom stereocenters. The van der Waals surface area contributed by atoms with Gasteiger partial charge in [-0.2, -0.15) is 0 Å². The molecule has 2 heterocycles. The Morgan fingerprint density at radius 3 is 2.40 bits per heavy atom. The van der Waals surface area contributed by atoms with Gasteiger partial charge in [-0.1, -0.05) is 0 Å². The molecule has 0 aliphatic carbocycles. The topological polar surface area (TPSA) is 47.0 Å². The highest BCUT2D eigenvalue weighted by Crippen LogP contribution is 2.27. The summed E-state index contributed by atoms with van der Waals surface area (Å²) in [6.45, 7) is 6.20. The van der Waals surface area contributed by atoms with Crippen molar-refractivity contribution in [1.29, 1.82) is 0 Å². The van der Waals surface area contributed by atoms with E-state index in [2.05, 4.69) is 15.3 Å². The van der Waals surface area contributed by atoms with Crippen molar-refractivity contribution in [2.24, 2.45) is 0 Å². The molecule has 1 aromatic heterocycles. The molecule has 0 bridgehead atoms. The molecule has 1 aliphatic heterocycles. The molecule has 1 aliphatic rings. The first-order valence-electron chi connectivity index (χ1n) is 5.32. The van der Waals surface area contributed by atoms with Crippen LogP contribution >= 0.6 is 0 Å². The van der Waals surface area contributed by atoms with Crippen LogP contribution in [0.5, 0.6) is 6.01 Å². The highest BCUT2D eigenvalue weighted by molar-refractivity contribution is 5.30. The van der Waals surface area contributed by atoms with Crippen molar-refractivity contribution in [2.45, 2.75) is 26.2 Å². The Balaban J connectivity index is 2.37. The molecule has 0 aromatic carbocycles. The van der Waals surface area contributed by atoms with E-state index >= 15 is 0 Å². The Hall–Kier alpha value is -1.16. The van der Waals surface area contributed by atoms with E-state index in [1.165, 1.54) is 12.0 Å². The minimum atomic E-state index is 0.472. The van der Waals surface area contributed by atoms with Crippen molar-refractivity contribution in [3.63, 3.8) is 0 Å². The fraction of sp³-hybridized carbons (Fsp3) is 0.636. The summed E-state index contributed by atoms with van der Waals surface area (Å²) in [6.07, 6.45) is 1.18. The zero-order valence-corrected chi connectivity index (χ0v) is 9.50. The molecular formula is C11H17N3O. The fourth-order valence-corrected chi connectivity index (χ4v) is 2.28. The van der Waals surface area contributed by atoms with Crippen LogP contribution in [0.25, 0.3) is 0 Å². The summed E-state index contributed by atoms with van der Waals surface area (Å²) < 4.78 is 5.06. The molecule has 0 saturated carbocycles. The summed E-state index contributed by atoms with van der Waals surface area (Å²) in [5, 5.41) is 3.37. The van der Waals surface area contributed by atoms with Gasteiger partial charge in [0, 0.05) is 23.9 Å². The van der Waals surface area contributed by atoms with Crippen LogP contribution in [0.15, 0.2) is 0 Å². The number of nitrogens with zero attached hydrogens (tertiary/aromatic N) is 2. The monoisotopic (exact) mass is 207 g/mol. The van der Waals surface area contributed by atoms with E-state index in [0.29, 0.717) is 11.9 Å². The third-order valence-electron chi connectivity index (χ3n) is 2.96. The minimum absolute atomic E-state index is 0.472. The van der Waals surface area contributed by atoms with E-state index in [4.69, 9.17) is 4.74 Å². The SMILES string of the molecule is COc1nc(C)c(C2CCNC2)c(C)n1. The maximum absolute atomic E-state index is 5.06. The standard InChI is InChI=1S/C11H17N3O/c1-7-10(9-4-5-12-6-9)8(2)14-11(13-7)15-3/h9,12H,4-6H2,1-3H3. The van der Waals surface area contributed by atoms with Gasteiger partial charge in [0.1, 0.15) is 0 Å². The van der Waals surface area contributed by atoms with E-state index in [1.54, 1.807) is 7.11 Å². The maximum Gasteiger partial charge on any atom is 0.316 e. The lowest BCUT2D eigenvalue weighted by atomic mass is 9.96. The van der Waals surface area contributed by atoms with Crippen LogP contribution in [-0.4, -0.2) is 30.2 Å². The Morgan fingerprint density at radius 1 is 1.27 bits per heavy atom. The molecule has 1 N–H and O–H groups in total. The molecule has 4 nitrogen and oxygen atoms in total. The van der Waals surface area contributed by atoms with Crippen LogP contribution in [0.4, 0.5) is 0 Å². The molecule has 15 heavy (non-hydrogen) atoms. The van der Waals surface area contributed by atoms with Gasteiger partial charge < -0.3 is 10.1 Å². The molecule has 0 spiro atoms. The number of ether oxygens (including phenoxy) is 1. The van der Waals surface area contributed by atoms with Gasteiger partial charge in [0.15, 0.2) is 0 Å². The van der Waals surface area contributed by atoms with Gasteiger partial charge in [0.2, 0.25) is 0 Å².